The van der Waals surface area contributed by atoms with Gasteiger partial charge in [0, 0.05) is 12.7 Å². The standard InChI is InChI=1S/C11H7NO4S/c1-15-4-6-7-9(14)11-5(2-3-17-11)8(13)10(7)16-12-6/h2-3H,4H2,1H3. The molecule has 0 unspecified atom stereocenters. The molecule has 5 nitrogen and oxygen atoms in total. The number of ketones is 2. The summed E-state index contributed by atoms with van der Waals surface area (Å²) >= 11 is 1.25. The molecule has 2 aromatic heterocycles. The van der Waals surface area contributed by atoms with Crippen molar-refractivity contribution < 1.29 is 18.8 Å². The highest BCUT2D eigenvalue weighted by Gasteiger charge is 2.37. The van der Waals surface area contributed by atoms with Gasteiger partial charge in [-0.1, -0.05) is 5.16 Å². The van der Waals surface area contributed by atoms with Gasteiger partial charge in [0.25, 0.3) is 0 Å². The zero-order valence-electron chi connectivity index (χ0n) is 8.85. The molecule has 0 aliphatic heterocycles. The summed E-state index contributed by atoms with van der Waals surface area (Å²) in [6, 6.07) is 1.63. The molecular weight excluding hydrogens is 242 g/mol. The maximum atomic E-state index is 12.2. The molecule has 0 saturated carbocycles. The highest BCUT2D eigenvalue weighted by molar-refractivity contribution is 7.12. The normalized spacial score (nSPS) is 13.7. The third-order valence-corrected chi connectivity index (χ3v) is 3.51. The number of carbonyl (C=O) groups is 2. The van der Waals surface area contributed by atoms with E-state index in [0.29, 0.717) is 16.1 Å². The van der Waals surface area contributed by atoms with Crippen LogP contribution in [0.1, 0.15) is 37.0 Å². The molecule has 0 fully saturated rings. The average Bonchev–Trinajstić information content (AvgIpc) is 2.93. The number of ether oxygens (including phenoxy) is 1. The van der Waals surface area contributed by atoms with E-state index in [9.17, 15) is 9.59 Å². The second kappa shape index (κ2) is 3.61. The van der Waals surface area contributed by atoms with E-state index in [1.807, 2.05) is 0 Å². The van der Waals surface area contributed by atoms with Crippen LogP contribution in [-0.4, -0.2) is 23.8 Å². The fourth-order valence-electron chi connectivity index (χ4n) is 1.85. The van der Waals surface area contributed by atoms with Gasteiger partial charge in [-0.15, -0.1) is 11.3 Å². The third kappa shape index (κ3) is 1.31. The monoisotopic (exact) mass is 249 g/mol. The summed E-state index contributed by atoms with van der Waals surface area (Å²) in [4.78, 5) is 24.6. The van der Waals surface area contributed by atoms with Crippen molar-refractivity contribution in [2.24, 2.45) is 0 Å². The molecule has 1 aliphatic rings. The summed E-state index contributed by atoms with van der Waals surface area (Å²) in [5.74, 6) is -0.475. The second-order valence-electron chi connectivity index (χ2n) is 3.59. The fraction of sp³-hybridized carbons (Fsp3) is 0.182. The van der Waals surface area contributed by atoms with Crippen molar-refractivity contribution in [3.05, 3.63) is 38.9 Å². The zero-order valence-corrected chi connectivity index (χ0v) is 9.67. The van der Waals surface area contributed by atoms with Crippen LogP contribution in [0.2, 0.25) is 0 Å². The van der Waals surface area contributed by atoms with Crippen molar-refractivity contribution in [3.63, 3.8) is 0 Å². The molecule has 0 aromatic carbocycles. The molecule has 6 heteroatoms. The number of carbonyl (C=O) groups excluding carboxylic acids is 2. The van der Waals surface area contributed by atoms with E-state index in [1.165, 1.54) is 18.4 Å². The molecule has 2 aromatic rings. The van der Waals surface area contributed by atoms with Crippen LogP contribution in [0.4, 0.5) is 0 Å². The van der Waals surface area contributed by atoms with Gasteiger partial charge in [-0.25, -0.2) is 0 Å². The maximum Gasteiger partial charge on any atom is 0.233 e. The Morgan fingerprint density at radius 1 is 1.41 bits per heavy atom. The first-order valence-electron chi connectivity index (χ1n) is 4.88. The molecular formula is C11H7NO4S. The Hall–Kier alpha value is -1.79. The SMILES string of the molecule is COCc1noc2c1C(=O)c1sccc1C2=O. The molecule has 2 heterocycles. The van der Waals surface area contributed by atoms with Gasteiger partial charge in [0.1, 0.15) is 11.3 Å². The van der Waals surface area contributed by atoms with Crippen molar-refractivity contribution in [3.8, 4) is 0 Å². The molecule has 0 radical (unpaired) electrons. The summed E-state index contributed by atoms with van der Waals surface area (Å²) in [7, 11) is 1.49. The minimum Gasteiger partial charge on any atom is -0.378 e. The summed E-state index contributed by atoms with van der Waals surface area (Å²) in [5.41, 5.74) is 1.01. The van der Waals surface area contributed by atoms with Crippen LogP contribution >= 0.6 is 11.3 Å². The van der Waals surface area contributed by atoms with Crippen LogP contribution in [0.25, 0.3) is 0 Å². The first kappa shape index (κ1) is 10.4. The van der Waals surface area contributed by atoms with Crippen LogP contribution in [0.5, 0.6) is 0 Å². The minimum absolute atomic E-state index is 0.0213. The highest BCUT2D eigenvalue weighted by atomic mass is 32.1. The van der Waals surface area contributed by atoms with Gasteiger partial charge in [-0.05, 0) is 11.4 Å². The minimum atomic E-state index is -0.286. The molecule has 0 saturated heterocycles. The van der Waals surface area contributed by atoms with Crippen molar-refractivity contribution in [1.82, 2.24) is 5.16 Å². The van der Waals surface area contributed by atoms with Crippen molar-refractivity contribution in [2.75, 3.05) is 7.11 Å². The summed E-state index contributed by atoms with van der Waals surface area (Å²) < 4.78 is 9.88. The zero-order chi connectivity index (χ0) is 12.0. The number of aromatic nitrogens is 1. The number of nitrogens with zero attached hydrogens (tertiary/aromatic N) is 1. The first-order valence-corrected chi connectivity index (χ1v) is 5.76. The van der Waals surface area contributed by atoms with Crippen molar-refractivity contribution >= 4 is 22.9 Å². The van der Waals surface area contributed by atoms with Crippen LogP contribution in [0.15, 0.2) is 16.0 Å². The van der Waals surface area contributed by atoms with Crippen LogP contribution in [-0.2, 0) is 11.3 Å². The van der Waals surface area contributed by atoms with Crippen LogP contribution in [0.3, 0.4) is 0 Å². The Balaban J connectivity index is 2.22. The Kier molecular flexibility index (Phi) is 2.20. The molecule has 86 valence electrons. The smallest absolute Gasteiger partial charge is 0.233 e. The first-order chi connectivity index (χ1) is 8.24. The predicted molar refractivity (Wildman–Crippen MR) is 58.4 cm³/mol. The quantitative estimate of drug-likeness (QED) is 0.690. The summed E-state index contributed by atoms with van der Waals surface area (Å²) in [5, 5.41) is 5.43. The topological polar surface area (TPSA) is 69.4 Å². The number of hydrogen-bond donors (Lipinski definition) is 0. The summed E-state index contributed by atoms with van der Waals surface area (Å²) in [6.07, 6.45) is 0. The number of fused-ring (bicyclic) bond motifs is 2. The molecule has 0 bridgehead atoms. The molecule has 0 amide bonds. The molecule has 0 atom stereocenters. The van der Waals surface area contributed by atoms with Gasteiger partial charge in [0.05, 0.1) is 11.5 Å². The molecule has 0 spiro atoms. The lowest BCUT2D eigenvalue weighted by molar-refractivity contribution is 0.0957. The van der Waals surface area contributed by atoms with Gasteiger partial charge in [-0.2, -0.15) is 0 Å². The number of methoxy groups -OCH3 is 1. The van der Waals surface area contributed by atoms with Gasteiger partial charge < -0.3 is 9.26 Å². The van der Waals surface area contributed by atoms with Gasteiger partial charge in [0.15, 0.2) is 0 Å². The molecule has 3 rings (SSSR count). The van der Waals surface area contributed by atoms with Crippen LogP contribution < -0.4 is 0 Å². The van der Waals surface area contributed by atoms with Gasteiger partial charge in [-0.3, -0.25) is 9.59 Å². The van der Waals surface area contributed by atoms with E-state index in [4.69, 9.17) is 9.26 Å². The number of rotatable bonds is 2. The number of thiophene rings is 1. The van der Waals surface area contributed by atoms with E-state index in [1.54, 1.807) is 11.4 Å². The second-order valence-corrected chi connectivity index (χ2v) is 4.50. The Bertz CT molecular complexity index is 625. The lowest BCUT2D eigenvalue weighted by atomic mass is 9.94. The highest BCUT2D eigenvalue weighted by Crippen LogP contribution is 2.32. The Morgan fingerprint density at radius 2 is 2.24 bits per heavy atom. The van der Waals surface area contributed by atoms with E-state index in [-0.39, 0.29) is 29.5 Å². The third-order valence-electron chi connectivity index (χ3n) is 2.59. The lowest BCUT2D eigenvalue weighted by Crippen LogP contribution is -2.18. The van der Waals surface area contributed by atoms with Crippen LogP contribution in [0, 0.1) is 0 Å². The maximum absolute atomic E-state index is 12.2. The average molecular weight is 249 g/mol. The predicted octanol–water partition coefficient (Wildman–Crippen LogP) is 1.66. The fourth-order valence-corrected chi connectivity index (χ4v) is 2.68. The van der Waals surface area contributed by atoms with E-state index < -0.39 is 0 Å². The van der Waals surface area contributed by atoms with Crippen molar-refractivity contribution in [2.45, 2.75) is 6.61 Å². The summed E-state index contributed by atoms with van der Waals surface area (Å²) in [6.45, 7) is 0.151. The van der Waals surface area contributed by atoms with Crippen molar-refractivity contribution in [1.29, 1.82) is 0 Å². The van der Waals surface area contributed by atoms with E-state index >= 15 is 0 Å². The van der Waals surface area contributed by atoms with Gasteiger partial charge in [0.2, 0.25) is 17.3 Å². The number of hydrogen-bond acceptors (Lipinski definition) is 6. The largest absolute Gasteiger partial charge is 0.378 e. The Morgan fingerprint density at radius 3 is 3.00 bits per heavy atom. The van der Waals surface area contributed by atoms with E-state index in [2.05, 4.69) is 5.16 Å². The molecule has 0 N–H and O–H groups in total. The molecule has 1 aliphatic carbocycles. The van der Waals surface area contributed by atoms with E-state index in [0.717, 1.165) is 0 Å². The molecule has 17 heavy (non-hydrogen) atoms. The van der Waals surface area contributed by atoms with Gasteiger partial charge >= 0.3 is 0 Å². The lowest BCUT2D eigenvalue weighted by Gasteiger charge is -2.08. The Labute approximate surface area is 100.0 Å².